The monoisotopic (exact) mass is 610 g/mol. The molecule has 2 heterocycles. The van der Waals surface area contributed by atoms with Crippen LogP contribution in [0.25, 0.3) is 0 Å². The van der Waals surface area contributed by atoms with Crippen LogP contribution in [0.5, 0.6) is 0 Å². The van der Waals surface area contributed by atoms with Gasteiger partial charge in [0.2, 0.25) is 0 Å². The number of nitrogens with zero attached hydrogens (tertiary/aromatic N) is 2. The Morgan fingerprint density at radius 2 is 1.14 bits per heavy atom. The number of hydrogen-bond acceptors (Lipinski definition) is 2. The highest BCUT2D eigenvalue weighted by Crippen LogP contribution is 2.00. The molecule has 0 fully saturated rings. The van der Waals surface area contributed by atoms with Crippen LogP contribution in [0.2, 0.25) is 0 Å². The third-order valence-electron chi connectivity index (χ3n) is 4.08. The van der Waals surface area contributed by atoms with Crippen molar-refractivity contribution in [1.82, 2.24) is 10.6 Å². The summed E-state index contributed by atoms with van der Waals surface area (Å²) in [5.41, 5.74) is 1.35. The molecule has 2 amide bonds. The average molecular weight is 610 g/mol. The van der Waals surface area contributed by atoms with E-state index in [2.05, 4.69) is 10.6 Å². The molecule has 0 aliphatic heterocycles. The smallest absolute Gasteiger partial charge is 0.257 e. The van der Waals surface area contributed by atoms with E-state index in [4.69, 9.17) is 0 Å². The number of rotatable bonds is 9. The zero-order chi connectivity index (χ0) is 18.8. The summed E-state index contributed by atoms with van der Waals surface area (Å²) in [6.07, 6.45) is 11.3. The molecular formula is C20H28I2N4O2. The number of nitrogens with one attached hydrogen (secondary N) is 2. The summed E-state index contributed by atoms with van der Waals surface area (Å²) in [6.45, 7) is 1.34. The summed E-state index contributed by atoms with van der Waals surface area (Å²) in [6, 6.07) is 7.34. The van der Waals surface area contributed by atoms with E-state index in [0.29, 0.717) is 24.2 Å². The first-order valence-corrected chi connectivity index (χ1v) is 9.03. The Labute approximate surface area is 201 Å². The Balaban J connectivity index is 0.00000364. The zero-order valence-electron chi connectivity index (χ0n) is 16.3. The quantitative estimate of drug-likeness (QED) is 0.170. The van der Waals surface area contributed by atoms with Crippen molar-refractivity contribution in [2.75, 3.05) is 13.1 Å². The second-order valence-corrected chi connectivity index (χ2v) is 6.44. The van der Waals surface area contributed by atoms with Crippen LogP contribution in [0.15, 0.2) is 49.1 Å². The maximum absolute atomic E-state index is 12.0. The molecule has 0 aromatic carbocycles. The van der Waals surface area contributed by atoms with E-state index in [1.165, 1.54) is 0 Å². The Hall–Kier alpha value is -1.30. The van der Waals surface area contributed by atoms with Gasteiger partial charge in [0.25, 0.3) is 11.8 Å². The fraction of sp³-hybridized carbons (Fsp3) is 0.400. The second kappa shape index (κ2) is 14.7. The highest BCUT2D eigenvalue weighted by molar-refractivity contribution is 5.93. The molecule has 0 spiro atoms. The Bertz CT molecular complexity index is 693. The third kappa shape index (κ3) is 9.76. The number of aryl methyl sites for hydroxylation is 2. The van der Waals surface area contributed by atoms with Crippen molar-refractivity contribution >= 4 is 11.8 Å². The van der Waals surface area contributed by atoms with Crippen LogP contribution < -0.4 is 67.7 Å². The van der Waals surface area contributed by atoms with Crippen molar-refractivity contribution in [1.29, 1.82) is 0 Å². The van der Waals surface area contributed by atoms with Crippen molar-refractivity contribution in [3.05, 3.63) is 60.2 Å². The lowest BCUT2D eigenvalue weighted by Crippen LogP contribution is -3.00. The highest BCUT2D eigenvalue weighted by Gasteiger charge is 2.09. The number of aromatic nitrogens is 2. The number of halogens is 2. The first-order valence-electron chi connectivity index (χ1n) is 9.03. The molecule has 6 nitrogen and oxygen atoms in total. The molecule has 28 heavy (non-hydrogen) atoms. The molecule has 0 saturated carbocycles. The topological polar surface area (TPSA) is 66.0 Å². The van der Waals surface area contributed by atoms with E-state index in [0.717, 1.165) is 25.7 Å². The van der Waals surface area contributed by atoms with E-state index < -0.39 is 0 Å². The maximum atomic E-state index is 12.0. The molecule has 0 saturated heterocycles. The van der Waals surface area contributed by atoms with Gasteiger partial charge in [0.1, 0.15) is 25.2 Å². The van der Waals surface area contributed by atoms with Gasteiger partial charge in [-0.05, 0) is 25.0 Å². The first-order chi connectivity index (χ1) is 12.6. The van der Waals surface area contributed by atoms with Crippen LogP contribution in [-0.4, -0.2) is 24.9 Å². The van der Waals surface area contributed by atoms with Gasteiger partial charge in [-0.25, -0.2) is 9.13 Å². The van der Waals surface area contributed by atoms with Crippen molar-refractivity contribution in [3.63, 3.8) is 0 Å². The van der Waals surface area contributed by atoms with Gasteiger partial charge in [0, 0.05) is 25.2 Å². The van der Waals surface area contributed by atoms with Crippen molar-refractivity contribution in [2.45, 2.75) is 25.7 Å². The summed E-state index contributed by atoms with van der Waals surface area (Å²) >= 11 is 0. The van der Waals surface area contributed by atoms with Gasteiger partial charge < -0.3 is 58.6 Å². The van der Waals surface area contributed by atoms with Gasteiger partial charge in [-0.3, -0.25) is 9.59 Å². The number of pyridine rings is 2. The molecule has 8 heteroatoms. The predicted molar refractivity (Wildman–Crippen MR) is 98.4 cm³/mol. The van der Waals surface area contributed by atoms with E-state index in [1.54, 1.807) is 0 Å². The third-order valence-corrected chi connectivity index (χ3v) is 4.08. The molecule has 0 radical (unpaired) electrons. The SMILES string of the molecule is C[n+]1cccc(C(=O)NCCCCCCNC(=O)c2ccc[n+](C)c2)c1.[I-].[I-]. The minimum Gasteiger partial charge on any atom is -1.00 e. The zero-order valence-corrected chi connectivity index (χ0v) is 20.6. The van der Waals surface area contributed by atoms with Crippen molar-refractivity contribution < 1.29 is 66.7 Å². The van der Waals surface area contributed by atoms with Crippen LogP contribution in [0.3, 0.4) is 0 Å². The van der Waals surface area contributed by atoms with E-state index in [-0.39, 0.29) is 59.8 Å². The van der Waals surface area contributed by atoms with Crippen molar-refractivity contribution in [2.24, 2.45) is 14.1 Å². The summed E-state index contributed by atoms with van der Waals surface area (Å²) in [5, 5.41) is 5.88. The Morgan fingerprint density at radius 1 is 0.750 bits per heavy atom. The van der Waals surface area contributed by atoms with Crippen LogP contribution >= 0.6 is 0 Å². The normalized spacial score (nSPS) is 9.64. The van der Waals surface area contributed by atoms with E-state index in [1.807, 2.05) is 72.3 Å². The maximum Gasteiger partial charge on any atom is 0.257 e. The molecule has 2 rings (SSSR count). The number of carbonyl (C=O) groups is 2. The van der Waals surface area contributed by atoms with Crippen molar-refractivity contribution in [3.8, 4) is 0 Å². The standard InChI is InChI=1S/C20H26N4O2.2HI/c1-23-13-7-9-17(15-23)19(25)21-11-5-3-4-6-12-22-20(26)18-10-8-14-24(2)16-18;;/h7-10,13-16H,3-6,11-12H2,1-2H3;2*1H. The van der Waals surface area contributed by atoms with Crippen LogP contribution in [0, 0.1) is 0 Å². The molecule has 0 aliphatic rings. The van der Waals surface area contributed by atoms with E-state index in [9.17, 15) is 9.59 Å². The molecular weight excluding hydrogens is 582 g/mol. The van der Waals surface area contributed by atoms with Gasteiger partial charge in [0.05, 0.1) is 0 Å². The molecule has 2 aromatic heterocycles. The molecule has 0 bridgehead atoms. The Morgan fingerprint density at radius 3 is 1.50 bits per heavy atom. The molecule has 0 unspecified atom stereocenters. The number of amides is 2. The summed E-state index contributed by atoms with van der Waals surface area (Å²) in [4.78, 5) is 24.0. The highest BCUT2D eigenvalue weighted by atomic mass is 127. The lowest BCUT2D eigenvalue weighted by molar-refractivity contribution is -0.671. The minimum absolute atomic E-state index is 0. The molecule has 0 aliphatic carbocycles. The average Bonchev–Trinajstić information content (AvgIpc) is 2.63. The lowest BCUT2D eigenvalue weighted by Gasteiger charge is -2.06. The van der Waals surface area contributed by atoms with Crippen LogP contribution in [-0.2, 0) is 14.1 Å². The number of unbranched alkanes of at least 4 members (excludes halogenated alkanes) is 3. The van der Waals surface area contributed by atoms with Gasteiger partial charge in [-0.2, -0.15) is 0 Å². The molecule has 154 valence electrons. The number of hydrogen-bond donors (Lipinski definition) is 2. The lowest BCUT2D eigenvalue weighted by atomic mass is 10.2. The van der Waals surface area contributed by atoms with Gasteiger partial charge in [-0.1, -0.05) is 12.8 Å². The van der Waals surface area contributed by atoms with Crippen LogP contribution in [0.1, 0.15) is 46.4 Å². The summed E-state index contributed by atoms with van der Waals surface area (Å²) in [7, 11) is 3.79. The molecule has 0 atom stereocenters. The van der Waals surface area contributed by atoms with Gasteiger partial charge >= 0.3 is 0 Å². The summed E-state index contributed by atoms with van der Waals surface area (Å²) in [5.74, 6) is -0.0750. The fourth-order valence-corrected chi connectivity index (χ4v) is 2.66. The second-order valence-electron chi connectivity index (χ2n) is 6.44. The summed E-state index contributed by atoms with van der Waals surface area (Å²) < 4.78 is 3.72. The first kappa shape index (κ1) is 26.7. The molecule has 2 aromatic rings. The number of carbonyl (C=O) groups excluding carboxylic acids is 2. The van der Waals surface area contributed by atoms with Crippen LogP contribution in [0.4, 0.5) is 0 Å². The predicted octanol–water partition coefficient (Wildman–Crippen LogP) is -4.94. The van der Waals surface area contributed by atoms with E-state index >= 15 is 0 Å². The fourth-order valence-electron chi connectivity index (χ4n) is 2.66. The minimum atomic E-state index is -0.0375. The van der Waals surface area contributed by atoms with Gasteiger partial charge in [-0.15, -0.1) is 0 Å². The Kier molecular flexibility index (Phi) is 14.0. The largest absolute Gasteiger partial charge is 1.00 e. The molecule has 2 N–H and O–H groups in total. The van der Waals surface area contributed by atoms with Gasteiger partial charge in [0.15, 0.2) is 24.8 Å².